The van der Waals surface area contributed by atoms with Gasteiger partial charge in [-0.2, -0.15) is 0 Å². The standard InChI is InChI=1S/C14H13N3O/c15-12-3-1-2-10-11(8-17-14(18)13(10)12)9-4-6-16-7-5-9/h1-7,11H,8,15H2,(H,17,18). The van der Waals surface area contributed by atoms with E-state index in [2.05, 4.69) is 10.3 Å². The van der Waals surface area contributed by atoms with E-state index in [4.69, 9.17) is 5.73 Å². The number of benzene rings is 1. The maximum Gasteiger partial charge on any atom is 0.253 e. The Labute approximate surface area is 105 Å². The zero-order valence-corrected chi connectivity index (χ0v) is 9.76. The van der Waals surface area contributed by atoms with Crippen molar-refractivity contribution in [2.45, 2.75) is 5.92 Å². The molecule has 1 aromatic heterocycles. The van der Waals surface area contributed by atoms with Crippen molar-refractivity contribution in [3.63, 3.8) is 0 Å². The normalized spacial score (nSPS) is 18.0. The van der Waals surface area contributed by atoms with Crippen LogP contribution in [0.3, 0.4) is 0 Å². The van der Waals surface area contributed by atoms with Gasteiger partial charge in [-0.05, 0) is 29.3 Å². The van der Waals surface area contributed by atoms with E-state index < -0.39 is 0 Å². The van der Waals surface area contributed by atoms with Crippen molar-refractivity contribution in [1.82, 2.24) is 10.3 Å². The summed E-state index contributed by atoms with van der Waals surface area (Å²) in [5.74, 6) is 0.0533. The molecule has 4 heteroatoms. The molecule has 1 amide bonds. The molecule has 0 saturated heterocycles. The highest BCUT2D eigenvalue weighted by Gasteiger charge is 2.27. The van der Waals surface area contributed by atoms with E-state index in [1.165, 1.54) is 0 Å². The molecule has 0 saturated carbocycles. The van der Waals surface area contributed by atoms with Gasteiger partial charge in [-0.15, -0.1) is 0 Å². The fourth-order valence-electron chi connectivity index (χ4n) is 2.43. The number of hydrogen-bond acceptors (Lipinski definition) is 3. The predicted octanol–water partition coefficient (Wildman–Crippen LogP) is 1.54. The minimum atomic E-state index is -0.0894. The van der Waals surface area contributed by atoms with Crippen molar-refractivity contribution in [1.29, 1.82) is 0 Å². The van der Waals surface area contributed by atoms with Gasteiger partial charge in [0.1, 0.15) is 0 Å². The van der Waals surface area contributed by atoms with Gasteiger partial charge in [0, 0.05) is 30.5 Å². The van der Waals surface area contributed by atoms with Gasteiger partial charge in [-0.1, -0.05) is 12.1 Å². The van der Waals surface area contributed by atoms with E-state index in [1.807, 2.05) is 24.3 Å². The molecule has 0 spiro atoms. The number of carbonyl (C=O) groups is 1. The van der Waals surface area contributed by atoms with Crippen molar-refractivity contribution in [3.05, 3.63) is 59.4 Å². The van der Waals surface area contributed by atoms with Crippen molar-refractivity contribution in [2.75, 3.05) is 12.3 Å². The first-order valence-corrected chi connectivity index (χ1v) is 5.84. The van der Waals surface area contributed by atoms with Gasteiger partial charge < -0.3 is 11.1 Å². The number of nitrogens with zero attached hydrogens (tertiary/aromatic N) is 1. The van der Waals surface area contributed by atoms with Gasteiger partial charge in [0.15, 0.2) is 0 Å². The Kier molecular flexibility index (Phi) is 2.48. The topological polar surface area (TPSA) is 68.0 Å². The second-order valence-corrected chi connectivity index (χ2v) is 4.35. The molecular weight excluding hydrogens is 226 g/mol. The number of rotatable bonds is 1. The number of hydrogen-bond donors (Lipinski definition) is 2. The summed E-state index contributed by atoms with van der Waals surface area (Å²) in [5, 5.41) is 2.89. The van der Waals surface area contributed by atoms with Crippen molar-refractivity contribution >= 4 is 11.6 Å². The molecule has 0 radical (unpaired) electrons. The smallest absolute Gasteiger partial charge is 0.253 e. The van der Waals surface area contributed by atoms with Crippen LogP contribution in [0.2, 0.25) is 0 Å². The lowest BCUT2D eigenvalue weighted by atomic mass is 9.85. The van der Waals surface area contributed by atoms with Crippen LogP contribution in [-0.4, -0.2) is 17.4 Å². The van der Waals surface area contributed by atoms with Gasteiger partial charge >= 0.3 is 0 Å². The highest BCUT2D eigenvalue weighted by molar-refractivity contribution is 6.02. The maximum atomic E-state index is 11.9. The molecule has 1 aliphatic rings. The molecule has 0 aliphatic carbocycles. The summed E-state index contributed by atoms with van der Waals surface area (Å²) in [7, 11) is 0. The summed E-state index contributed by atoms with van der Waals surface area (Å²) in [5.41, 5.74) is 9.16. The second kappa shape index (κ2) is 4.14. The molecule has 90 valence electrons. The average Bonchev–Trinajstić information content (AvgIpc) is 2.40. The summed E-state index contributed by atoms with van der Waals surface area (Å²) in [6.07, 6.45) is 3.52. The molecule has 3 N–H and O–H groups in total. The van der Waals surface area contributed by atoms with Crippen LogP contribution in [0, 0.1) is 0 Å². The van der Waals surface area contributed by atoms with E-state index in [-0.39, 0.29) is 11.8 Å². The largest absolute Gasteiger partial charge is 0.398 e. The number of anilines is 1. The summed E-state index contributed by atoms with van der Waals surface area (Å²) in [6, 6.07) is 9.55. The molecule has 0 fully saturated rings. The minimum Gasteiger partial charge on any atom is -0.398 e. The Hall–Kier alpha value is -2.36. The molecule has 4 nitrogen and oxygen atoms in total. The molecular formula is C14H13N3O. The van der Waals surface area contributed by atoms with E-state index in [0.717, 1.165) is 11.1 Å². The quantitative estimate of drug-likeness (QED) is 0.742. The monoisotopic (exact) mass is 239 g/mol. The third-order valence-electron chi connectivity index (χ3n) is 3.31. The third kappa shape index (κ3) is 1.62. The van der Waals surface area contributed by atoms with Gasteiger partial charge in [0.05, 0.1) is 5.56 Å². The molecule has 1 aliphatic heterocycles. The zero-order valence-electron chi connectivity index (χ0n) is 9.76. The first-order valence-electron chi connectivity index (χ1n) is 5.84. The molecule has 1 aromatic carbocycles. The lowest BCUT2D eigenvalue weighted by molar-refractivity contribution is 0.0944. The van der Waals surface area contributed by atoms with E-state index in [0.29, 0.717) is 17.8 Å². The number of nitrogen functional groups attached to an aromatic ring is 1. The molecule has 0 bridgehead atoms. The predicted molar refractivity (Wildman–Crippen MR) is 69.3 cm³/mol. The van der Waals surface area contributed by atoms with E-state index >= 15 is 0 Å². The van der Waals surface area contributed by atoms with Crippen molar-refractivity contribution < 1.29 is 4.79 Å². The molecule has 18 heavy (non-hydrogen) atoms. The van der Waals surface area contributed by atoms with Crippen LogP contribution in [0.5, 0.6) is 0 Å². The van der Waals surface area contributed by atoms with Crippen LogP contribution in [0.15, 0.2) is 42.7 Å². The Morgan fingerprint density at radius 2 is 2.00 bits per heavy atom. The number of fused-ring (bicyclic) bond motifs is 1. The summed E-state index contributed by atoms with van der Waals surface area (Å²) in [6.45, 7) is 0.597. The second-order valence-electron chi connectivity index (χ2n) is 4.35. The lowest BCUT2D eigenvalue weighted by Gasteiger charge is -2.26. The number of nitrogens with two attached hydrogens (primary N) is 1. The summed E-state index contributed by atoms with van der Waals surface area (Å²) < 4.78 is 0. The van der Waals surface area contributed by atoms with E-state index in [9.17, 15) is 4.79 Å². The van der Waals surface area contributed by atoms with Gasteiger partial charge in [0.25, 0.3) is 5.91 Å². The van der Waals surface area contributed by atoms with Crippen LogP contribution in [0.25, 0.3) is 0 Å². The highest BCUT2D eigenvalue weighted by Crippen LogP contribution is 2.32. The summed E-state index contributed by atoms with van der Waals surface area (Å²) in [4.78, 5) is 15.9. The SMILES string of the molecule is Nc1cccc2c1C(=O)NCC2c1ccncc1. The van der Waals surface area contributed by atoms with Crippen LogP contribution >= 0.6 is 0 Å². The van der Waals surface area contributed by atoms with Gasteiger partial charge in [-0.25, -0.2) is 0 Å². The third-order valence-corrected chi connectivity index (χ3v) is 3.31. The first kappa shape index (κ1) is 10.8. The number of aromatic nitrogens is 1. The molecule has 3 rings (SSSR count). The molecule has 1 atom stereocenters. The Balaban J connectivity index is 2.15. The maximum absolute atomic E-state index is 11.9. The Morgan fingerprint density at radius 3 is 2.78 bits per heavy atom. The molecule has 2 heterocycles. The highest BCUT2D eigenvalue weighted by atomic mass is 16.1. The van der Waals surface area contributed by atoms with Crippen molar-refractivity contribution in [2.24, 2.45) is 0 Å². The average molecular weight is 239 g/mol. The van der Waals surface area contributed by atoms with Crippen LogP contribution in [0.4, 0.5) is 5.69 Å². The zero-order chi connectivity index (χ0) is 12.5. The number of amides is 1. The Morgan fingerprint density at radius 1 is 1.22 bits per heavy atom. The Bertz CT molecular complexity index is 595. The van der Waals surface area contributed by atoms with Crippen molar-refractivity contribution in [3.8, 4) is 0 Å². The van der Waals surface area contributed by atoms with Crippen LogP contribution < -0.4 is 11.1 Å². The van der Waals surface area contributed by atoms with E-state index in [1.54, 1.807) is 18.5 Å². The van der Waals surface area contributed by atoms with Crippen LogP contribution in [-0.2, 0) is 0 Å². The first-order chi connectivity index (χ1) is 8.77. The fraction of sp³-hybridized carbons (Fsp3) is 0.143. The molecule has 2 aromatic rings. The van der Waals surface area contributed by atoms with Gasteiger partial charge in [0.2, 0.25) is 0 Å². The number of carbonyl (C=O) groups excluding carboxylic acids is 1. The number of pyridine rings is 1. The molecule has 1 unspecified atom stereocenters. The number of nitrogens with one attached hydrogen (secondary N) is 1. The fourth-order valence-corrected chi connectivity index (χ4v) is 2.43. The minimum absolute atomic E-state index is 0.0894. The van der Waals surface area contributed by atoms with Crippen LogP contribution in [0.1, 0.15) is 27.4 Å². The van der Waals surface area contributed by atoms with Gasteiger partial charge in [-0.3, -0.25) is 9.78 Å². The summed E-state index contributed by atoms with van der Waals surface area (Å²) >= 11 is 0. The lowest BCUT2D eigenvalue weighted by Crippen LogP contribution is -2.36.